The summed E-state index contributed by atoms with van der Waals surface area (Å²) in [5.74, 6) is 0.826. The van der Waals surface area contributed by atoms with Crippen LogP contribution in [0, 0.1) is 0 Å². The third-order valence-electron chi connectivity index (χ3n) is 2.17. The van der Waals surface area contributed by atoms with Gasteiger partial charge in [-0.1, -0.05) is 0 Å². The van der Waals surface area contributed by atoms with E-state index in [-0.39, 0.29) is 6.10 Å². The highest BCUT2D eigenvalue weighted by Crippen LogP contribution is 2.14. The summed E-state index contributed by atoms with van der Waals surface area (Å²) in [5, 5.41) is 4.21. The van der Waals surface area contributed by atoms with Crippen LogP contribution < -0.4 is 4.74 Å². The Balaban J connectivity index is 2.42. The molecule has 0 radical (unpaired) electrons. The average molecular weight is 212 g/mol. The van der Waals surface area contributed by atoms with Gasteiger partial charge in [-0.15, -0.1) is 0 Å². The fraction of sp³-hybridized carbons (Fsp3) is 0.727. The molecule has 1 aromatic heterocycles. The SMILES string of the molecule is COCCC(C)Oc1cnn(C(C)C)c1. The van der Waals surface area contributed by atoms with Crippen molar-refractivity contribution in [2.75, 3.05) is 13.7 Å². The van der Waals surface area contributed by atoms with Gasteiger partial charge in [0, 0.05) is 26.2 Å². The van der Waals surface area contributed by atoms with Crippen LogP contribution >= 0.6 is 0 Å². The van der Waals surface area contributed by atoms with E-state index in [4.69, 9.17) is 9.47 Å². The lowest BCUT2D eigenvalue weighted by atomic mass is 10.3. The maximum Gasteiger partial charge on any atom is 0.157 e. The Morgan fingerprint density at radius 1 is 1.40 bits per heavy atom. The standard InChI is InChI=1S/C11H20N2O2/c1-9(2)13-8-11(7-12-13)15-10(3)5-6-14-4/h7-10H,5-6H2,1-4H3. The zero-order valence-corrected chi connectivity index (χ0v) is 9.93. The molecule has 0 bridgehead atoms. The van der Waals surface area contributed by atoms with Crippen LogP contribution in [0.5, 0.6) is 5.75 Å². The van der Waals surface area contributed by atoms with Crippen molar-refractivity contribution in [3.05, 3.63) is 12.4 Å². The smallest absolute Gasteiger partial charge is 0.157 e. The number of hydrogen-bond donors (Lipinski definition) is 0. The predicted molar refractivity (Wildman–Crippen MR) is 59.2 cm³/mol. The van der Waals surface area contributed by atoms with Gasteiger partial charge >= 0.3 is 0 Å². The summed E-state index contributed by atoms with van der Waals surface area (Å²) in [6.45, 7) is 6.93. The van der Waals surface area contributed by atoms with Crippen molar-refractivity contribution < 1.29 is 9.47 Å². The van der Waals surface area contributed by atoms with E-state index in [0.717, 1.165) is 18.8 Å². The normalized spacial score (nSPS) is 13.1. The fourth-order valence-electron chi connectivity index (χ4n) is 1.24. The number of methoxy groups -OCH3 is 1. The van der Waals surface area contributed by atoms with Gasteiger partial charge in [0.25, 0.3) is 0 Å². The Labute approximate surface area is 91.2 Å². The van der Waals surface area contributed by atoms with Gasteiger partial charge in [-0.2, -0.15) is 5.10 Å². The maximum absolute atomic E-state index is 5.68. The molecule has 86 valence electrons. The van der Waals surface area contributed by atoms with Crippen LogP contribution in [0.4, 0.5) is 0 Å². The van der Waals surface area contributed by atoms with E-state index >= 15 is 0 Å². The Kier molecular flexibility index (Phi) is 4.62. The van der Waals surface area contributed by atoms with Crippen LogP contribution in [-0.2, 0) is 4.74 Å². The summed E-state index contributed by atoms with van der Waals surface area (Å²) < 4.78 is 12.6. The quantitative estimate of drug-likeness (QED) is 0.725. The monoisotopic (exact) mass is 212 g/mol. The van der Waals surface area contributed by atoms with Gasteiger partial charge in [0.2, 0.25) is 0 Å². The van der Waals surface area contributed by atoms with Gasteiger partial charge in [0.1, 0.15) is 0 Å². The second-order valence-electron chi connectivity index (χ2n) is 3.96. The first kappa shape index (κ1) is 12.0. The van der Waals surface area contributed by atoms with Crippen molar-refractivity contribution in [3.63, 3.8) is 0 Å². The van der Waals surface area contributed by atoms with E-state index in [9.17, 15) is 0 Å². The van der Waals surface area contributed by atoms with Crippen molar-refractivity contribution in [1.29, 1.82) is 0 Å². The van der Waals surface area contributed by atoms with Gasteiger partial charge in [-0.3, -0.25) is 4.68 Å². The number of rotatable bonds is 6. The van der Waals surface area contributed by atoms with Crippen LogP contribution in [0.15, 0.2) is 12.4 Å². The molecule has 0 saturated carbocycles. The molecule has 0 aliphatic rings. The van der Waals surface area contributed by atoms with Crippen LogP contribution in [-0.4, -0.2) is 29.6 Å². The Bertz CT molecular complexity index is 284. The van der Waals surface area contributed by atoms with Crippen molar-refractivity contribution in [1.82, 2.24) is 9.78 Å². The zero-order chi connectivity index (χ0) is 11.3. The first-order chi connectivity index (χ1) is 7.13. The number of nitrogens with zero attached hydrogens (tertiary/aromatic N) is 2. The minimum atomic E-state index is 0.162. The molecule has 0 aliphatic carbocycles. The van der Waals surface area contributed by atoms with Crippen LogP contribution in [0.25, 0.3) is 0 Å². The maximum atomic E-state index is 5.68. The van der Waals surface area contributed by atoms with E-state index < -0.39 is 0 Å². The predicted octanol–water partition coefficient (Wildman–Crippen LogP) is 2.27. The minimum Gasteiger partial charge on any atom is -0.487 e. The van der Waals surface area contributed by atoms with Crippen LogP contribution in [0.1, 0.15) is 33.2 Å². The van der Waals surface area contributed by atoms with E-state index in [1.165, 1.54) is 0 Å². The Hall–Kier alpha value is -1.03. The van der Waals surface area contributed by atoms with Crippen molar-refractivity contribution in [3.8, 4) is 5.75 Å². The summed E-state index contributed by atoms with van der Waals surface area (Å²) in [5.41, 5.74) is 0. The van der Waals surface area contributed by atoms with Gasteiger partial charge in [0.05, 0.1) is 18.5 Å². The lowest BCUT2D eigenvalue weighted by molar-refractivity contribution is 0.135. The molecule has 0 N–H and O–H groups in total. The first-order valence-corrected chi connectivity index (χ1v) is 5.33. The van der Waals surface area contributed by atoms with E-state index in [1.54, 1.807) is 13.3 Å². The van der Waals surface area contributed by atoms with Crippen LogP contribution in [0.3, 0.4) is 0 Å². The topological polar surface area (TPSA) is 36.3 Å². The Morgan fingerprint density at radius 2 is 2.13 bits per heavy atom. The largest absolute Gasteiger partial charge is 0.487 e. The third-order valence-corrected chi connectivity index (χ3v) is 2.17. The van der Waals surface area contributed by atoms with Crippen molar-refractivity contribution in [2.24, 2.45) is 0 Å². The molecule has 1 atom stereocenters. The molecule has 4 nitrogen and oxygen atoms in total. The molecular formula is C11H20N2O2. The zero-order valence-electron chi connectivity index (χ0n) is 9.93. The van der Waals surface area contributed by atoms with Gasteiger partial charge in [0.15, 0.2) is 5.75 Å². The highest BCUT2D eigenvalue weighted by molar-refractivity contribution is 5.12. The molecule has 0 spiro atoms. The van der Waals surface area contributed by atoms with Crippen molar-refractivity contribution >= 4 is 0 Å². The minimum absolute atomic E-state index is 0.162. The van der Waals surface area contributed by atoms with E-state index in [0.29, 0.717) is 6.04 Å². The number of ether oxygens (including phenoxy) is 2. The third kappa shape index (κ3) is 3.91. The molecule has 1 unspecified atom stereocenters. The number of hydrogen-bond acceptors (Lipinski definition) is 3. The van der Waals surface area contributed by atoms with Gasteiger partial charge < -0.3 is 9.47 Å². The fourth-order valence-corrected chi connectivity index (χ4v) is 1.24. The molecule has 1 rings (SSSR count). The molecule has 0 amide bonds. The second kappa shape index (κ2) is 5.75. The molecule has 0 fully saturated rings. The molecular weight excluding hydrogens is 192 g/mol. The lowest BCUT2D eigenvalue weighted by Crippen LogP contribution is -2.13. The highest BCUT2D eigenvalue weighted by atomic mass is 16.5. The molecule has 0 saturated heterocycles. The van der Waals surface area contributed by atoms with Crippen LogP contribution in [0.2, 0.25) is 0 Å². The van der Waals surface area contributed by atoms with Gasteiger partial charge in [-0.25, -0.2) is 0 Å². The number of aromatic nitrogens is 2. The summed E-state index contributed by atoms with van der Waals surface area (Å²) in [6, 6.07) is 0.372. The molecule has 0 aromatic carbocycles. The Morgan fingerprint density at radius 3 is 2.67 bits per heavy atom. The first-order valence-electron chi connectivity index (χ1n) is 5.33. The molecule has 1 heterocycles. The highest BCUT2D eigenvalue weighted by Gasteiger charge is 2.06. The molecule has 15 heavy (non-hydrogen) atoms. The van der Waals surface area contributed by atoms with Crippen molar-refractivity contribution in [2.45, 2.75) is 39.3 Å². The lowest BCUT2D eigenvalue weighted by Gasteiger charge is -2.12. The second-order valence-corrected chi connectivity index (χ2v) is 3.96. The van der Waals surface area contributed by atoms with E-state index in [2.05, 4.69) is 18.9 Å². The summed E-state index contributed by atoms with van der Waals surface area (Å²) in [4.78, 5) is 0. The molecule has 4 heteroatoms. The summed E-state index contributed by atoms with van der Waals surface area (Å²) >= 11 is 0. The average Bonchev–Trinajstić information content (AvgIpc) is 2.63. The summed E-state index contributed by atoms with van der Waals surface area (Å²) in [6.07, 6.45) is 4.73. The molecule has 0 aliphatic heterocycles. The molecule has 1 aromatic rings. The van der Waals surface area contributed by atoms with Gasteiger partial charge in [-0.05, 0) is 20.8 Å². The van der Waals surface area contributed by atoms with E-state index in [1.807, 2.05) is 17.8 Å². The summed E-state index contributed by atoms with van der Waals surface area (Å²) in [7, 11) is 1.70.